The number of carbonyl (C=O) groups excluding carboxylic acids is 1. The molecule has 1 amide bonds. The third-order valence-corrected chi connectivity index (χ3v) is 2.86. The van der Waals surface area contributed by atoms with E-state index in [0.29, 0.717) is 45.4 Å². The molecule has 0 heterocycles. The standard InChI is InChI=1S/C17H30N2O4/c1-5-12-22-13-8-9-15(20)14-19(11-7-6-10-18)16(21)23-17(2,3)4/h5,15,20H,1,6-9,11-14H2,2-4H3. The summed E-state index contributed by atoms with van der Waals surface area (Å²) in [6.45, 7) is 10.6. The second kappa shape index (κ2) is 11.9. The molecular formula is C17H30N2O4. The minimum Gasteiger partial charge on any atom is -0.444 e. The number of aliphatic hydroxyl groups is 1. The van der Waals surface area contributed by atoms with Crippen molar-refractivity contribution in [2.24, 2.45) is 0 Å². The van der Waals surface area contributed by atoms with Crippen LogP contribution in [0.15, 0.2) is 12.7 Å². The average Bonchev–Trinajstić information content (AvgIpc) is 2.44. The quantitative estimate of drug-likeness (QED) is 0.466. The lowest BCUT2D eigenvalue weighted by molar-refractivity contribution is 0.0127. The fourth-order valence-corrected chi connectivity index (χ4v) is 1.87. The van der Waals surface area contributed by atoms with Crippen molar-refractivity contribution >= 4 is 6.09 Å². The van der Waals surface area contributed by atoms with Crippen LogP contribution in [-0.4, -0.2) is 54.1 Å². The van der Waals surface area contributed by atoms with Gasteiger partial charge in [-0.05, 0) is 40.0 Å². The predicted molar refractivity (Wildman–Crippen MR) is 88.9 cm³/mol. The minimum atomic E-state index is -0.642. The van der Waals surface area contributed by atoms with E-state index in [0.717, 1.165) is 0 Å². The number of aliphatic hydroxyl groups excluding tert-OH is 1. The lowest BCUT2D eigenvalue weighted by atomic mass is 10.2. The number of unbranched alkanes of at least 4 members (excludes halogenated alkanes) is 1. The molecule has 0 aliphatic carbocycles. The summed E-state index contributed by atoms with van der Waals surface area (Å²) in [6, 6.07) is 2.05. The number of hydrogen-bond donors (Lipinski definition) is 1. The third-order valence-electron chi connectivity index (χ3n) is 2.86. The Balaban J connectivity index is 4.35. The highest BCUT2D eigenvalue weighted by atomic mass is 16.6. The molecule has 0 saturated heterocycles. The van der Waals surface area contributed by atoms with Crippen LogP contribution in [0.25, 0.3) is 0 Å². The van der Waals surface area contributed by atoms with Crippen molar-refractivity contribution in [2.75, 3.05) is 26.3 Å². The Labute approximate surface area is 139 Å². The van der Waals surface area contributed by atoms with Crippen molar-refractivity contribution < 1.29 is 19.4 Å². The number of rotatable bonds is 11. The summed E-state index contributed by atoms with van der Waals surface area (Å²) in [5.41, 5.74) is -0.589. The zero-order valence-electron chi connectivity index (χ0n) is 14.6. The molecule has 0 aromatic rings. The van der Waals surface area contributed by atoms with E-state index >= 15 is 0 Å². The monoisotopic (exact) mass is 326 g/mol. The summed E-state index contributed by atoms with van der Waals surface area (Å²) < 4.78 is 10.6. The van der Waals surface area contributed by atoms with Crippen LogP contribution in [-0.2, 0) is 9.47 Å². The van der Waals surface area contributed by atoms with E-state index in [4.69, 9.17) is 14.7 Å². The van der Waals surface area contributed by atoms with Gasteiger partial charge in [0, 0.05) is 26.1 Å². The summed E-state index contributed by atoms with van der Waals surface area (Å²) in [7, 11) is 0. The van der Waals surface area contributed by atoms with Gasteiger partial charge < -0.3 is 19.5 Å². The molecule has 0 aromatic carbocycles. The van der Waals surface area contributed by atoms with Crippen molar-refractivity contribution in [3.63, 3.8) is 0 Å². The lowest BCUT2D eigenvalue weighted by Gasteiger charge is -2.28. The second-order valence-electron chi connectivity index (χ2n) is 6.35. The number of carbonyl (C=O) groups is 1. The first-order chi connectivity index (χ1) is 10.8. The first-order valence-electron chi connectivity index (χ1n) is 8.01. The van der Waals surface area contributed by atoms with Crippen molar-refractivity contribution in [3.8, 4) is 6.07 Å². The van der Waals surface area contributed by atoms with E-state index in [1.54, 1.807) is 26.8 Å². The summed E-state index contributed by atoms with van der Waals surface area (Å²) >= 11 is 0. The second-order valence-corrected chi connectivity index (χ2v) is 6.35. The molecule has 0 aliphatic rings. The largest absolute Gasteiger partial charge is 0.444 e. The maximum Gasteiger partial charge on any atom is 0.410 e. The van der Waals surface area contributed by atoms with Gasteiger partial charge in [0.25, 0.3) is 0 Å². The van der Waals surface area contributed by atoms with Crippen molar-refractivity contribution in [3.05, 3.63) is 12.7 Å². The molecule has 6 heteroatoms. The van der Waals surface area contributed by atoms with Gasteiger partial charge in [0.2, 0.25) is 0 Å². The molecule has 1 N–H and O–H groups in total. The molecule has 132 valence electrons. The van der Waals surface area contributed by atoms with Gasteiger partial charge >= 0.3 is 6.09 Å². The van der Waals surface area contributed by atoms with Gasteiger partial charge in [-0.15, -0.1) is 6.58 Å². The van der Waals surface area contributed by atoms with E-state index < -0.39 is 17.8 Å². The molecule has 0 bridgehead atoms. The van der Waals surface area contributed by atoms with Crippen molar-refractivity contribution in [2.45, 2.75) is 58.2 Å². The Kier molecular flexibility index (Phi) is 11.1. The normalized spacial score (nSPS) is 12.3. The molecule has 0 aliphatic heterocycles. The van der Waals surface area contributed by atoms with Crippen LogP contribution in [0.3, 0.4) is 0 Å². The Bertz CT molecular complexity index is 385. The smallest absolute Gasteiger partial charge is 0.410 e. The molecule has 23 heavy (non-hydrogen) atoms. The maximum absolute atomic E-state index is 12.2. The Hall–Kier alpha value is -1.58. The Morgan fingerprint density at radius 3 is 2.70 bits per heavy atom. The van der Waals surface area contributed by atoms with E-state index in [-0.39, 0.29) is 6.54 Å². The van der Waals surface area contributed by atoms with Crippen LogP contribution in [0, 0.1) is 11.3 Å². The third kappa shape index (κ3) is 12.6. The van der Waals surface area contributed by atoms with Gasteiger partial charge in [0.15, 0.2) is 0 Å². The fourth-order valence-electron chi connectivity index (χ4n) is 1.87. The van der Waals surface area contributed by atoms with Crippen LogP contribution in [0.5, 0.6) is 0 Å². The Morgan fingerprint density at radius 2 is 2.13 bits per heavy atom. The summed E-state index contributed by atoms with van der Waals surface area (Å²) in [6.07, 6.45) is 2.74. The van der Waals surface area contributed by atoms with Gasteiger partial charge in [0.1, 0.15) is 5.60 Å². The maximum atomic E-state index is 12.2. The van der Waals surface area contributed by atoms with E-state index in [1.165, 1.54) is 4.90 Å². The molecule has 1 atom stereocenters. The van der Waals surface area contributed by atoms with Gasteiger partial charge in [-0.1, -0.05) is 6.08 Å². The van der Waals surface area contributed by atoms with Crippen LogP contribution in [0.4, 0.5) is 4.79 Å². The molecule has 1 unspecified atom stereocenters. The molecule has 0 spiro atoms. The van der Waals surface area contributed by atoms with Crippen LogP contribution >= 0.6 is 0 Å². The van der Waals surface area contributed by atoms with E-state index in [9.17, 15) is 9.90 Å². The summed E-state index contributed by atoms with van der Waals surface area (Å²) in [5.74, 6) is 0. The number of nitrogens with zero attached hydrogens (tertiary/aromatic N) is 2. The molecular weight excluding hydrogens is 296 g/mol. The van der Waals surface area contributed by atoms with Crippen LogP contribution in [0.2, 0.25) is 0 Å². The van der Waals surface area contributed by atoms with E-state index in [1.807, 2.05) is 0 Å². The zero-order chi connectivity index (χ0) is 17.7. The lowest BCUT2D eigenvalue weighted by Crippen LogP contribution is -2.41. The highest BCUT2D eigenvalue weighted by molar-refractivity contribution is 5.68. The highest BCUT2D eigenvalue weighted by Crippen LogP contribution is 2.12. The zero-order valence-corrected chi connectivity index (χ0v) is 14.6. The molecule has 0 saturated carbocycles. The van der Waals surface area contributed by atoms with Gasteiger partial charge in [-0.25, -0.2) is 4.79 Å². The van der Waals surface area contributed by atoms with Gasteiger partial charge in [0.05, 0.1) is 18.8 Å². The Morgan fingerprint density at radius 1 is 1.43 bits per heavy atom. The first kappa shape index (κ1) is 21.4. The van der Waals surface area contributed by atoms with Gasteiger partial charge in [-0.3, -0.25) is 0 Å². The number of hydrogen-bond acceptors (Lipinski definition) is 5. The van der Waals surface area contributed by atoms with E-state index in [2.05, 4.69) is 12.6 Å². The number of amides is 1. The molecule has 0 aromatic heterocycles. The summed E-state index contributed by atoms with van der Waals surface area (Å²) in [4.78, 5) is 13.6. The molecule has 6 nitrogen and oxygen atoms in total. The van der Waals surface area contributed by atoms with Crippen molar-refractivity contribution in [1.29, 1.82) is 5.26 Å². The fraction of sp³-hybridized carbons (Fsp3) is 0.765. The number of ether oxygens (including phenoxy) is 2. The van der Waals surface area contributed by atoms with Crippen LogP contribution < -0.4 is 0 Å². The van der Waals surface area contributed by atoms with Crippen molar-refractivity contribution in [1.82, 2.24) is 4.90 Å². The molecule has 0 radical (unpaired) electrons. The topological polar surface area (TPSA) is 82.8 Å². The minimum absolute atomic E-state index is 0.196. The predicted octanol–water partition coefficient (Wildman–Crippen LogP) is 2.87. The van der Waals surface area contributed by atoms with Gasteiger partial charge in [-0.2, -0.15) is 5.26 Å². The molecule has 0 rings (SSSR count). The average molecular weight is 326 g/mol. The summed E-state index contributed by atoms with van der Waals surface area (Å²) in [5, 5.41) is 18.7. The SMILES string of the molecule is C=CCOCCCC(O)CN(CCCC#N)C(=O)OC(C)(C)C. The molecule has 0 fully saturated rings. The number of nitriles is 1. The van der Waals surface area contributed by atoms with Crippen LogP contribution in [0.1, 0.15) is 46.5 Å². The highest BCUT2D eigenvalue weighted by Gasteiger charge is 2.23. The first-order valence-corrected chi connectivity index (χ1v) is 8.01.